The maximum absolute atomic E-state index is 10.9. The van der Waals surface area contributed by atoms with Gasteiger partial charge in [-0.2, -0.15) is 0 Å². The van der Waals surface area contributed by atoms with Crippen molar-refractivity contribution in [3.63, 3.8) is 0 Å². The molecular weight excluding hydrogens is 194 g/mol. The molecule has 1 aromatic heterocycles. The Hall–Kier alpha value is -1.42. The molecule has 0 fully saturated rings. The van der Waals surface area contributed by atoms with Gasteiger partial charge in [-0.25, -0.2) is 4.79 Å². The number of fused-ring (bicyclic) bond motifs is 1. The Morgan fingerprint density at radius 3 is 2.92 bits per heavy atom. The van der Waals surface area contributed by atoms with Crippen LogP contribution < -0.4 is 5.76 Å². The third-order valence-corrected chi connectivity index (χ3v) is 2.03. The van der Waals surface area contributed by atoms with Gasteiger partial charge in [0.15, 0.2) is 5.58 Å². The predicted molar refractivity (Wildman–Crippen MR) is 47.4 cm³/mol. The van der Waals surface area contributed by atoms with Gasteiger partial charge in [0.05, 0.1) is 0 Å². The number of benzene rings is 1. The van der Waals surface area contributed by atoms with Gasteiger partial charge in [-0.15, -0.1) is 4.73 Å². The van der Waals surface area contributed by atoms with Crippen molar-refractivity contribution in [3.05, 3.63) is 33.3 Å². The van der Waals surface area contributed by atoms with Crippen LogP contribution in [0.15, 0.2) is 21.3 Å². The summed E-state index contributed by atoms with van der Waals surface area (Å²) in [5.74, 6) is -0.805. The zero-order valence-corrected chi connectivity index (χ0v) is 7.50. The normalized spacial score (nSPS) is 10.9. The topological polar surface area (TPSA) is 55.4 Å². The highest BCUT2D eigenvalue weighted by molar-refractivity contribution is 6.31. The molecule has 0 atom stereocenters. The van der Waals surface area contributed by atoms with Gasteiger partial charge in [0.2, 0.25) is 0 Å². The van der Waals surface area contributed by atoms with E-state index in [0.29, 0.717) is 20.8 Å². The lowest BCUT2D eigenvalue weighted by atomic mass is 10.2. The van der Waals surface area contributed by atoms with Crippen LogP contribution in [0.1, 0.15) is 5.56 Å². The predicted octanol–water partition coefficient (Wildman–Crippen LogP) is 1.79. The monoisotopic (exact) mass is 199 g/mol. The Morgan fingerprint density at radius 1 is 1.54 bits per heavy atom. The molecule has 0 aliphatic rings. The van der Waals surface area contributed by atoms with Crippen molar-refractivity contribution < 1.29 is 9.62 Å². The Balaban J connectivity index is 3.03. The van der Waals surface area contributed by atoms with Gasteiger partial charge in [0.1, 0.15) is 5.52 Å². The summed E-state index contributed by atoms with van der Waals surface area (Å²) in [4.78, 5) is 10.9. The molecule has 1 heterocycles. The lowest BCUT2D eigenvalue weighted by Gasteiger charge is -1.96. The van der Waals surface area contributed by atoms with E-state index >= 15 is 0 Å². The van der Waals surface area contributed by atoms with E-state index < -0.39 is 5.76 Å². The molecule has 0 aliphatic heterocycles. The molecule has 0 saturated heterocycles. The van der Waals surface area contributed by atoms with Crippen LogP contribution in [-0.2, 0) is 0 Å². The first-order valence-electron chi connectivity index (χ1n) is 3.60. The van der Waals surface area contributed by atoms with Crippen LogP contribution in [0.4, 0.5) is 0 Å². The first-order chi connectivity index (χ1) is 6.09. The number of rotatable bonds is 0. The van der Waals surface area contributed by atoms with Crippen molar-refractivity contribution in [2.24, 2.45) is 0 Å². The van der Waals surface area contributed by atoms with Crippen molar-refractivity contribution in [1.82, 2.24) is 4.73 Å². The fraction of sp³-hybridized carbons (Fsp3) is 0.125. The summed E-state index contributed by atoms with van der Waals surface area (Å²) in [7, 11) is 0. The number of aromatic nitrogens is 1. The van der Waals surface area contributed by atoms with E-state index in [9.17, 15) is 10.0 Å². The maximum Gasteiger partial charge on any atom is 0.453 e. The molecule has 0 unspecified atom stereocenters. The Bertz CT molecular complexity index is 526. The van der Waals surface area contributed by atoms with Crippen LogP contribution in [0.2, 0.25) is 5.02 Å². The number of hydrogen-bond donors (Lipinski definition) is 1. The zero-order valence-electron chi connectivity index (χ0n) is 6.74. The second kappa shape index (κ2) is 2.53. The second-order valence-electron chi connectivity index (χ2n) is 2.75. The van der Waals surface area contributed by atoms with Gasteiger partial charge in [-0.05, 0) is 18.6 Å². The van der Waals surface area contributed by atoms with Crippen molar-refractivity contribution >= 4 is 22.7 Å². The third-order valence-electron chi connectivity index (χ3n) is 1.81. The molecule has 0 aliphatic carbocycles. The molecule has 2 rings (SSSR count). The SMILES string of the molecule is Cc1cc(Cl)cc2oc(=O)n(O)c12. The summed E-state index contributed by atoms with van der Waals surface area (Å²) in [5.41, 5.74) is 1.34. The minimum absolute atomic E-state index is 0.289. The quantitative estimate of drug-likeness (QED) is 0.659. The van der Waals surface area contributed by atoms with E-state index in [1.165, 1.54) is 6.07 Å². The van der Waals surface area contributed by atoms with Crippen molar-refractivity contribution in [3.8, 4) is 0 Å². The molecule has 68 valence electrons. The minimum atomic E-state index is -0.805. The molecule has 0 saturated carbocycles. The Kier molecular flexibility index (Phi) is 1.60. The van der Waals surface area contributed by atoms with Crippen LogP contribution in [0, 0.1) is 6.92 Å². The molecule has 1 N–H and O–H groups in total. The lowest BCUT2D eigenvalue weighted by Crippen LogP contribution is -2.10. The standard InChI is InChI=1S/C8H6ClNO3/c1-4-2-5(9)3-6-7(4)10(12)8(11)13-6/h2-3,12H,1H3. The van der Waals surface area contributed by atoms with Gasteiger partial charge in [0.25, 0.3) is 0 Å². The first-order valence-corrected chi connectivity index (χ1v) is 3.98. The molecule has 13 heavy (non-hydrogen) atoms. The number of nitrogens with zero attached hydrogens (tertiary/aromatic N) is 1. The summed E-state index contributed by atoms with van der Waals surface area (Å²) < 4.78 is 5.21. The number of aryl methyl sites for hydroxylation is 1. The van der Waals surface area contributed by atoms with Crippen LogP contribution in [0.3, 0.4) is 0 Å². The van der Waals surface area contributed by atoms with E-state index in [4.69, 9.17) is 16.0 Å². The zero-order chi connectivity index (χ0) is 9.59. The number of oxazole rings is 1. The van der Waals surface area contributed by atoms with Gasteiger partial charge in [-0.1, -0.05) is 11.6 Å². The molecule has 0 amide bonds. The van der Waals surface area contributed by atoms with E-state index in [2.05, 4.69) is 0 Å². The molecule has 1 aromatic carbocycles. The highest BCUT2D eigenvalue weighted by atomic mass is 35.5. The molecule has 0 radical (unpaired) electrons. The molecule has 2 aromatic rings. The number of halogens is 1. The first kappa shape index (κ1) is 8.19. The number of hydrogen-bond acceptors (Lipinski definition) is 3. The minimum Gasteiger partial charge on any atom is -0.422 e. The van der Waals surface area contributed by atoms with Crippen molar-refractivity contribution in [1.29, 1.82) is 0 Å². The highest BCUT2D eigenvalue weighted by Gasteiger charge is 2.10. The molecule has 4 nitrogen and oxygen atoms in total. The second-order valence-corrected chi connectivity index (χ2v) is 3.19. The van der Waals surface area contributed by atoms with Gasteiger partial charge in [0, 0.05) is 11.1 Å². The third kappa shape index (κ3) is 1.10. The van der Waals surface area contributed by atoms with E-state index in [1.54, 1.807) is 13.0 Å². The van der Waals surface area contributed by atoms with Crippen molar-refractivity contribution in [2.75, 3.05) is 0 Å². The average molecular weight is 200 g/mol. The highest BCUT2D eigenvalue weighted by Crippen LogP contribution is 2.21. The van der Waals surface area contributed by atoms with Gasteiger partial charge in [-0.3, -0.25) is 0 Å². The largest absolute Gasteiger partial charge is 0.453 e. The van der Waals surface area contributed by atoms with Gasteiger partial charge < -0.3 is 9.62 Å². The Morgan fingerprint density at radius 2 is 2.23 bits per heavy atom. The fourth-order valence-corrected chi connectivity index (χ4v) is 1.55. The summed E-state index contributed by atoms with van der Waals surface area (Å²) in [6, 6.07) is 3.13. The molecular formula is C8H6ClNO3. The molecule has 5 heteroatoms. The van der Waals surface area contributed by atoms with Crippen LogP contribution in [0.25, 0.3) is 11.1 Å². The summed E-state index contributed by atoms with van der Waals surface area (Å²) in [6.07, 6.45) is 0. The fourth-order valence-electron chi connectivity index (χ4n) is 1.28. The maximum atomic E-state index is 10.9. The van der Waals surface area contributed by atoms with Crippen molar-refractivity contribution in [2.45, 2.75) is 6.92 Å². The van der Waals surface area contributed by atoms with Crippen LogP contribution in [0.5, 0.6) is 0 Å². The van der Waals surface area contributed by atoms with E-state index in [0.717, 1.165) is 0 Å². The van der Waals surface area contributed by atoms with E-state index in [-0.39, 0.29) is 5.58 Å². The summed E-state index contributed by atoms with van der Waals surface area (Å²) in [6.45, 7) is 1.73. The summed E-state index contributed by atoms with van der Waals surface area (Å²) in [5, 5.41) is 9.71. The smallest absolute Gasteiger partial charge is 0.422 e. The van der Waals surface area contributed by atoms with Gasteiger partial charge >= 0.3 is 5.76 Å². The Labute approximate surface area is 77.9 Å². The average Bonchev–Trinajstić information content (AvgIpc) is 2.27. The lowest BCUT2D eigenvalue weighted by molar-refractivity contribution is 0.172. The molecule has 0 spiro atoms. The van der Waals surface area contributed by atoms with E-state index in [1.807, 2.05) is 0 Å². The van der Waals surface area contributed by atoms with Crippen LogP contribution in [-0.4, -0.2) is 9.94 Å². The van der Waals surface area contributed by atoms with Crippen LogP contribution >= 0.6 is 11.6 Å². The summed E-state index contributed by atoms with van der Waals surface area (Å²) >= 11 is 5.73. The molecule has 0 bridgehead atoms.